The van der Waals surface area contributed by atoms with Crippen LogP contribution in [0.5, 0.6) is 11.5 Å². The number of carbonyl (C=O) groups is 1. The molecule has 0 unspecified atom stereocenters. The van der Waals surface area contributed by atoms with Crippen LogP contribution in [0.25, 0.3) is 0 Å². The minimum atomic E-state index is -0.0483. The van der Waals surface area contributed by atoms with Crippen molar-refractivity contribution >= 4 is 29.0 Å². The Hall–Kier alpha value is -1.71. The number of rotatable bonds is 8. The van der Waals surface area contributed by atoms with E-state index in [0.29, 0.717) is 47.6 Å². The van der Waals surface area contributed by atoms with E-state index in [-0.39, 0.29) is 5.78 Å². The Balaban J connectivity index is 2.04. The van der Waals surface area contributed by atoms with E-state index in [1.165, 1.54) is 0 Å². The van der Waals surface area contributed by atoms with Gasteiger partial charge in [0, 0.05) is 11.1 Å². The van der Waals surface area contributed by atoms with Crippen LogP contribution in [0.1, 0.15) is 15.9 Å². The maximum atomic E-state index is 12.4. The second kappa shape index (κ2) is 8.66. The van der Waals surface area contributed by atoms with Crippen LogP contribution < -0.4 is 9.47 Å². The molecule has 0 N–H and O–H groups in total. The summed E-state index contributed by atoms with van der Waals surface area (Å²) in [6.45, 7) is 0.886. The van der Waals surface area contributed by atoms with E-state index >= 15 is 0 Å². The van der Waals surface area contributed by atoms with E-state index in [0.717, 1.165) is 0 Å². The molecule has 116 valence electrons. The Kier molecular flexibility index (Phi) is 6.56. The highest BCUT2D eigenvalue weighted by Crippen LogP contribution is 2.18. The van der Waals surface area contributed by atoms with Gasteiger partial charge in [0.1, 0.15) is 24.7 Å². The lowest BCUT2D eigenvalue weighted by Crippen LogP contribution is -2.03. The number of hydrogen-bond donors (Lipinski definition) is 0. The second-order valence-corrected chi connectivity index (χ2v) is 5.21. The molecular weight excluding hydrogens is 323 g/mol. The van der Waals surface area contributed by atoms with Crippen LogP contribution in [0.4, 0.5) is 0 Å². The molecule has 0 aliphatic carbocycles. The molecule has 0 heterocycles. The summed E-state index contributed by atoms with van der Waals surface area (Å²) >= 11 is 11.1. The van der Waals surface area contributed by atoms with E-state index < -0.39 is 0 Å². The lowest BCUT2D eigenvalue weighted by atomic mass is 10.0. The van der Waals surface area contributed by atoms with Gasteiger partial charge in [-0.2, -0.15) is 0 Å². The van der Waals surface area contributed by atoms with Gasteiger partial charge in [-0.1, -0.05) is 0 Å². The molecule has 0 saturated heterocycles. The SMILES string of the molecule is O=C(c1ccc(OCCCl)cc1)c1ccc(OCCCl)cc1. The average molecular weight is 339 g/mol. The van der Waals surface area contributed by atoms with Crippen LogP contribution in [-0.2, 0) is 0 Å². The van der Waals surface area contributed by atoms with Crippen molar-refractivity contribution in [2.75, 3.05) is 25.0 Å². The van der Waals surface area contributed by atoms with Crippen LogP contribution in [-0.4, -0.2) is 30.8 Å². The molecule has 3 nitrogen and oxygen atoms in total. The third-order valence-electron chi connectivity index (χ3n) is 2.92. The topological polar surface area (TPSA) is 35.5 Å². The van der Waals surface area contributed by atoms with Crippen molar-refractivity contribution in [2.24, 2.45) is 0 Å². The Morgan fingerprint density at radius 3 is 1.41 bits per heavy atom. The predicted molar refractivity (Wildman–Crippen MR) is 88.7 cm³/mol. The fourth-order valence-electron chi connectivity index (χ4n) is 1.88. The third kappa shape index (κ3) is 4.65. The summed E-state index contributed by atoms with van der Waals surface area (Å²) in [4.78, 5) is 12.4. The van der Waals surface area contributed by atoms with E-state index in [1.807, 2.05) is 0 Å². The first-order valence-corrected chi connectivity index (χ1v) is 7.94. The molecule has 0 aromatic heterocycles. The fraction of sp³-hybridized carbons (Fsp3) is 0.235. The van der Waals surface area contributed by atoms with Crippen molar-refractivity contribution < 1.29 is 14.3 Å². The summed E-state index contributed by atoms with van der Waals surface area (Å²) in [5.41, 5.74) is 1.21. The van der Waals surface area contributed by atoms with Gasteiger partial charge in [0.25, 0.3) is 0 Å². The van der Waals surface area contributed by atoms with E-state index in [1.54, 1.807) is 48.5 Å². The second-order valence-electron chi connectivity index (χ2n) is 4.45. The van der Waals surface area contributed by atoms with Crippen molar-refractivity contribution in [1.29, 1.82) is 0 Å². The molecule has 0 bridgehead atoms. The van der Waals surface area contributed by atoms with Gasteiger partial charge in [0.15, 0.2) is 5.78 Å². The molecule has 22 heavy (non-hydrogen) atoms. The van der Waals surface area contributed by atoms with Crippen LogP contribution in [0.3, 0.4) is 0 Å². The summed E-state index contributed by atoms with van der Waals surface area (Å²) in [5.74, 6) is 2.20. The largest absolute Gasteiger partial charge is 0.492 e. The zero-order valence-electron chi connectivity index (χ0n) is 11.9. The normalized spacial score (nSPS) is 10.3. The highest BCUT2D eigenvalue weighted by molar-refractivity contribution is 6.18. The van der Waals surface area contributed by atoms with Gasteiger partial charge < -0.3 is 9.47 Å². The minimum Gasteiger partial charge on any atom is -0.492 e. The van der Waals surface area contributed by atoms with Crippen LogP contribution >= 0.6 is 23.2 Å². The molecular formula is C17H16Cl2O3. The van der Waals surface area contributed by atoms with Gasteiger partial charge in [0.05, 0.1) is 11.8 Å². The molecule has 5 heteroatoms. The van der Waals surface area contributed by atoms with E-state index in [4.69, 9.17) is 32.7 Å². The predicted octanol–water partition coefficient (Wildman–Crippen LogP) is 4.15. The molecule has 0 fully saturated rings. The zero-order valence-corrected chi connectivity index (χ0v) is 13.4. The summed E-state index contributed by atoms with van der Waals surface area (Å²) in [7, 11) is 0. The molecule has 0 amide bonds. The molecule has 0 radical (unpaired) electrons. The smallest absolute Gasteiger partial charge is 0.193 e. The average Bonchev–Trinajstić information content (AvgIpc) is 2.58. The highest BCUT2D eigenvalue weighted by Gasteiger charge is 2.09. The minimum absolute atomic E-state index is 0.0483. The van der Waals surface area contributed by atoms with Crippen molar-refractivity contribution in [2.45, 2.75) is 0 Å². The molecule has 2 rings (SSSR count). The Morgan fingerprint density at radius 1 is 0.727 bits per heavy atom. The van der Waals surface area contributed by atoms with E-state index in [2.05, 4.69) is 0 Å². The Morgan fingerprint density at radius 2 is 1.09 bits per heavy atom. The van der Waals surface area contributed by atoms with Gasteiger partial charge in [-0.3, -0.25) is 4.79 Å². The van der Waals surface area contributed by atoms with Crippen molar-refractivity contribution in [3.05, 3.63) is 59.7 Å². The maximum absolute atomic E-state index is 12.4. The first-order chi connectivity index (χ1) is 10.7. The first kappa shape index (κ1) is 16.7. The van der Waals surface area contributed by atoms with Crippen LogP contribution in [0, 0.1) is 0 Å². The quantitative estimate of drug-likeness (QED) is 0.535. The number of halogens is 2. The standard InChI is InChI=1S/C17H16Cl2O3/c18-9-11-21-15-5-1-13(2-6-15)17(20)14-3-7-16(8-4-14)22-12-10-19/h1-8H,9-12H2. The van der Waals surface area contributed by atoms with Gasteiger partial charge in [0.2, 0.25) is 0 Å². The van der Waals surface area contributed by atoms with Crippen molar-refractivity contribution in [1.82, 2.24) is 0 Å². The molecule has 0 atom stereocenters. The molecule has 0 saturated carbocycles. The van der Waals surface area contributed by atoms with Crippen molar-refractivity contribution in [3.63, 3.8) is 0 Å². The summed E-state index contributed by atoms with van der Waals surface area (Å²) in [6.07, 6.45) is 0. The number of ether oxygens (including phenoxy) is 2. The maximum Gasteiger partial charge on any atom is 0.193 e. The zero-order chi connectivity index (χ0) is 15.8. The molecule has 0 aliphatic rings. The summed E-state index contributed by atoms with van der Waals surface area (Å²) < 4.78 is 10.8. The van der Waals surface area contributed by atoms with Crippen LogP contribution in [0.15, 0.2) is 48.5 Å². The third-order valence-corrected chi connectivity index (χ3v) is 3.23. The molecule has 0 spiro atoms. The van der Waals surface area contributed by atoms with Crippen LogP contribution in [0.2, 0.25) is 0 Å². The first-order valence-electron chi connectivity index (χ1n) is 6.87. The monoisotopic (exact) mass is 338 g/mol. The Bertz CT molecular complexity index is 541. The molecule has 2 aromatic carbocycles. The fourth-order valence-corrected chi connectivity index (χ4v) is 2.04. The number of ketones is 1. The van der Waals surface area contributed by atoms with Gasteiger partial charge in [-0.15, -0.1) is 23.2 Å². The highest BCUT2D eigenvalue weighted by atomic mass is 35.5. The van der Waals surface area contributed by atoms with Gasteiger partial charge >= 0.3 is 0 Å². The Labute approximate surface area is 139 Å². The molecule has 0 aliphatic heterocycles. The number of hydrogen-bond acceptors (Lipinski definition) is 3. The molecule has 2 aromatic rings. The summed E-state index contributed by atoms with van der Waals surface area (Å²) in [5, 5.41) is 0. The van der Waals surface area contributed by atoms with Crippen molar-refractivity contribution in [3.8, 4) is 11.5 Å². The van der Waals surface area contributed by atoms with Gasteiger partial charge in [-0.05, 0) is 48.5 Å². The van der Waals surface area contributed by atoms with Gasteiger partial charge in [-0.25, -0.2) is 0 Å². The summed E-state index contributed by atoms with van der Waals surface area (Å²) in [6, 6.07) is 14.0. The lowest BCUT2D eigenvalue weighted by molar-refractivity contribution is 0.103. The van der Waals surface area contributed by atoms with E-state index in [9.17, 15) is 4.79 Å². The number of alkyl halides is 2. The number of carbonyl (C=O) groups excluding carboxylic acids is 1. The number of benzene rings is 2. The lowest BCUT2D eigenvalue weighted by Gasteiger charge is -2.07.